The number of rotatable bonds is 5. The topological polar surface area (TPSA) is 70.0 Å². The summed E-state index contributed by atoms with van der Waals surface area (Å²) in [6.45, 7) is 3.93. The number of aliphatic hydroxyl groups is 2. The smallest absolute Gasteiger partial charge is 0.219 e. The van der Waals surface area contributed by atoms with Crippen LogP contribution in [-0.4, -0.2) is 59.0 Å². The molecular formula is C14H23NO4. The average Bonchev–Trinajstić information content (AvgIpc) is 2.38. The molecule has 0 aromatic rings. The standard InChI is InChI=1S/C14H23NO4/c1-4-5-6-7-15(11(3)17)12-9-19-13(8-16)10(2)14(12)18/h1,10,12-14,16,18H,5-9H2,2-3H3/t10-,12-,13+,14-/m0/s1. The Balaban J connectivity index is 2.69. The van der Waals surface area contributed by atoms with Gasteiger partial charge in [-0.25, -0.2) is 0 Å². The first kappa shape index (κ1) is 16.0. The van der Waals surface area contributed by atoms with Gasteiger partial charge >= 0.3 is 0 Å². The lowest BCUT2D eigenvalue weighted by Gasteiger charge is -2.43. The Bertz CT molecular complexity index is 339. The van der Waals surface area contributed by atoms with Crippen LogP contribution >= 0.6 is 0 Å². The maximum absolute atomic E-state index is 11.7. The lowest BCUT2D eigenvalue weighted by molar-refractivity contribution is -0.161. The van der Waals surface area contributed by atoms with E-state index in [4.69, 9.17) is 16.3 Å². The molecule has 5 heteroatoms. The van der Waals surface area contributed by atoms with Gasteiger partial charge in [0.25, 0.3) is 0 Å². The van der Waals surface area contributed by atoms with E-state index in [0.29, 0.717) is 19.4 Å². The Morgan fingerprint density at radius 1 is 1.58 bits per heavy atom. The van der Waals surface area contributed by atoms with Crippen molar-refractivity contribution in [3.05, 3.63) is 0 Å². The highest BCUT2D eigenvalue weighted by molar-refractivity contribution is 5.73. The van der Waals surface area contributed by atoms with Crippen molar-refractivity contribution in [1.29, 1.82) is 0 Å². The molecule has 0 aromatic heterocycles. The Morgan fingerprint density at radius 2 is 2.26 bits per heavy atom. The molecule has 0 unspecified atom stereocenters. The minimum Gasteiger partial charge on any atom is -0.394 e. The molecule has 1 amide bonds. The van der Waals surface area contributed by atoms with Crippen molar-refractivity contribution in [3.63, 3.8) is 0 Å². The summed E-state index contributed by atoms with van der Waals surface area (Å²) in [4.78, 5) is 13.3. The molecule has 0 aromatic carbocycles. The first-order chi connectivity index (χ1) is 9.02. The molecule has 0 aliphatic carbocycles. The molecule has 0 bridgehead atoms. The lowest BCUT2D eigenvalue weighted by atomic mass is 9.89. The Labute approximate surface area is 114 Å². The van der Waals surface area contributed by atoms with E-state index < -0.39 is 6.10 Å². The highest BCUT2D eigenvalue weighted by atomic mass is 16.5. The molecule has 2 N–H and O–H groups in total. The molecule has 1 aliphatic heterocycles. The van der Waals surface area contributed by atoms with E-state index in [1.165, 1.54) is 6.92 Å². The fourth-order valence-electron chi connectivity index (χ4n) is 2.44. The number of carbonyl (C=O) groups excluding carboxylic acids is 1. The number of terminal acetylenes is 1. The van der Waals surface area contributed by atoms with Crippen LogP contribution in [-0.2, 0) is 9.53 Å². The number of carbonyl (C=O) groups is 1. The Morgan fingerprint density at radius 3 is 2.79 bits per heavy atom. The molecule has 1 heterocycles. The summed E-state index contributed by atoms with van der Waals surface area (Å²) >= 11 is 0. The van der Waals surface area contributed by atoms with Gasteiger partial charge in [-0.2, -0.15) is 0 Å². The quantitative estimate of drug-likeness (QED) is 0.545. The number of aliphatic hydroxyl groups excluding tert-OH is 2. The van der Waals surface area contributed by atoms with Gasteiger partial charge in [0.05, 0.1) is 31.5 Å². The predicted octanol–water partition coefficient (Wildman–Crippen LogP) is 0.00500. The molecule has 1 saturated heterocycles. The number of unbranched alkanes of at least 4 members (excludes halogenated alkanes) is 1. The van der Waals surface area contributed by atoms with E-state index >= 15 is 0 Å². The van der Waals surface area contributed by atoms with Crippen LogP contribution in [0.15, 0.2) is 0 Å². The van der Waals surface area contributed by atoms with Gasteiger partial charge in [-0.3, -0.25) is 4.79 Å². The maximum atomic E-state index is 11.7. The van der Waals surface area contributed by atoms with E-state index in [0.717, 1.165) is 0 Å². The van der Waals surface area contributed by atoms with Crippen molar-refractivity contribution in [2.45, 2.75) is 44.9 Å². The largest absolute Gasteiger partial charge is 0.394 e. The number of nitrogens with zero attached hydrogens (tertiary/aromatic N) is 1. The van der Waals surface area contributed by atoms with E-state index in [2.05, 4.69) is 5.92 Å². The molecule has 19 heavy (non-hydrogen) atoms. The molecule has 1 fully saturated rings. The molecule has 5 nitrogen and oxygen atoms in total. The molecule has 1 aliphatic rings. The highest BCUT2D eigenvalue weighted by Gasteiger charge is 2.39. The third-order valence-corrected chi connectivity index (χ3v) is 3.71. The van der Waals surface area contributed by atoms with Gasteiger partial charge in [0.15, 0.2) is 0 Å². The number of hydrogen-bond acceptors (Lipinski definition) is 4. The molecule has 0 spiro atoms. The van der Waals surface area contributed by atoms with Gasteiger partial charge in [-0.05, 0) is 6.42 Å². The SMILES string of the molecule is C#CCCCN(C(C)=O)[C@H]1CO[C@H](CO)[C@H](C)[C@@H]1O. The van der Waals surface area contributed by atoms with Crippen molar-refractivity contribution in [3.8, 4) is 12.3 Å². The molecule has 4 atom stereocenters. The summed E-state index contributed by atoms with van der Waals surface area (Å²) in [5, 5.41) is 19.4. The molecule has 108 valence electrons. The van der Waals surface area contributed by atoms with E-state index in [1.54, 1.807) is 4.90 Å². The number of amides is 1. The first-order valence-electron chi connectivity index (χ1n) is 6.64. The second-order valence-electron chi connectivity index (χ2n) is 4.99. The van der Waals surface area contributed by atoms with Crippen LogP contribution in [0.25, 0.3) is 0 Å². The first-order valence-corrected chi connectivity index (χ1v) is 6.64. The van der Waals surface area contributed by atoms with E-state index in [-0.39, 0.29) is 37.2 Å². The number of ether oxygens (including phenoxy) is 1. The minimum atomic E-state index is -0.694. The van der Waals surface area contributed by atoms with Gasteiger partial charge in [-0.1, -0.05) is 6.92 Å². The monoisotopic (exact) mass is 269 g/mol. The summed E-state index contributed by atoms with van der Waals surface area (Å²) in [6, 6.07) is -0.368. The third-order valence-electron chi connectivity index (χ3n) is 3.71. The summed E-state index contributed by atoms with van der Waals surface area (Å²) < 4.78 is 5.52. The van der Waals surface area contributed by atoms with E-state index in [1.807, 2.05) is 6.92 Å². The van der Waals surface area contributed by atoms with Crippen LogP contribution in [0.1, 0.15) is 26.7 Å². The normalized spacial score (nSPS) is 30.7. The summed E-state index contributed by atoms with van der Waals surface area (Å²) in [7, 11) is 0. The fourth-order valence-corrected chi connectivity index (χ4v) is 2.44. The van der Waals surface area contributed by atoms with Gasteiger partial charge in [0.1, 0.15) is 0 Å². The highest BCUT2D eigenvalue weighted by Crippen LogP contribution is 2.25. The van der Waals surface area contributed by atoms with Crippen LogP contribution in [0.4, 0.5) is 0 Å². The molecule has 1 rings (SSSR count). The van der Waals surface area contributed by atoms with E-state index in [9.17, 15) is 9.90 Å². The zero-order chi connectivity index (χ0) is 14.4. The van der Waals surface area contributed by atoms with Crippen LogP contribution < -0.4 is 0 Å². The average molecular weight is 269 g/mol. The predicted molar refractivity (Wildman–Crippen MR) is 71.2 cm³/mol. The Kier molecular flexibility index (Phi) is 6.29. The maximum Gasteiger partial charge on any atom is 0.219 e. The van der Waals surface area contributed by atoms with Gasteiger partial charge in [0, 0.05) is 25.8 Å². The zero-order valence-corrected chi connectivity index (χ0v) is 11.6. The van der Waals surface area contributed by atoms with Crippen molar-refractivity contribution in [2.24, 2.45) is 5.92 Å². The zero-order valence-electron chi connectivity index (χ0n) is 11.6. The summed E-state index contributed by atoms with van der Waals surface area (Å²) in [6.07, 6.45) is 5.44. The Hall–Kier alpha value is -1.09. The van der Waals surface area contributed by atoms with Crippen LogP contribution in [0.2, 0.25) is 0 Å². The molecule has 0 saturated carbocycles. The summed E-state index contributed by atoms with van der Waals surface area (Å²) in [5.41, 5.74) is 0. The van der Waals surface area contributed by atoms with Crippen molar-refractivity contribution in [2.75, 3.05) is 19.8 Å². The van der Waals surface area contributed by atoms with Crippen molar-refractivity contribution < 1.29 is 19.7 Å². The van der Waals surface area contributed by atoms with Crippen LogP contribution in [0.5, 0.6) is 0 Å². The second kappa shape index (κ2) is 7.49. The second-order valence-corrected chi connectivity index (χ2v) is 4.99. The molecule has 0 radical (unpaired) electrons. The minimum absolute atomic E-state index is 0.0979. The number of hydrogen-bond donors (Lipinski definition) is 2. The van der Waals surface area contributed by atoms with Crippen molar-refractivity contribution in [1.82, 2.24) is 4.90 Å². The lowest BCUT2D eigenvalue weighted by Crippen LogP contribution is -2.58. The molecular weight excluding hydrogens is 246 g/mol. The fraction of sp³-hybridized carbons (Fsp3) is 0.786. The summed E-state index contributed by atoms with van der Waals surface area (Å²) in [5.74, 6) is 2.23. The van der Waals surface area contributed by atoms with Gasteiger partial charge in [0.2, 0.25) is 5.91 Å². The van der Waals surface area contributed by atoms with Crippen molar-refractivity contribution >= 4 is 5.91 Å². The van der Waals surface area contributed by atoms with Crippen LogP contribution in [0.3, 0.4) is 0 Å². The van der Waals surface area contributed by atoms with Gasteiger partial charge < -0.3 is 19.8 Å². The van der Waals surface area contributed by atoms with Gasteiger partial charge in [-0.15, -0.1) is 12.3 Å². The van der Waals surface area contributed by atoms with Crippen LogP contribution in [0, 0.1) is 18.3 Å². The third kappa shape index (κ3) is 3.93.